The summed E-state index contributed by atoms with van der Waals surface area (Å²) in [4.78, 5) is 0. The Morgan fingerprint density at radius 1 is 1.40 bits per heavy atom. The molecule has 0 saturated carbocycles. The molecule has 1 nitrogen and oxygen atoms in total. The van der Waals surface area contributed by atoms with Crippen LogP contribution in [0.2, 0.25) is 0 Å². The van der Waals surface area contributed by atoms with Gasteiger partial charge in [0.2, 0.25) is 0 Å². The predicted molar refractivity (Wildman–Crippen MR) is 44.3 cm³/mol. The molecule has 1 heterocycles. The molecule has 0 aliphatic carbocycles. The van der Waals surface area contributed by atoms with Crippen molar-refractivity contribution >= 4 is 9.24 Å². The van der Waals surface area contributed by atoms with E-state index >= 15 is 0 Å². The smallest absolute Gasteiger partial charge is 0.123 e. The Hall–Kier alpha value is -0.550. The quantitative estimate of drug-likeness (QED) is 0.515. The molecule has 1 aliphatic heterocycles. The summed E-state index contributed by atoms with van der Waals surface area (Å²) in [6, 6.07) is 8.17. The van der Waals surface area contributed by atoms with Crippen LogP contribution in [-0.4, -0.2) is 5.85 Å². The van der Waals surface area contributed by atoms with E-state index < -0.39 is 0 Å². The molecule has 0 spiro atoms. The molecule has 0 fully saturated rings. The van der Waals surface area contributed by atoms with Crippen molar-refractivity contribution in [2.45, 2.75) is 12.3 Å². The molecule has 52 valence electrons. The minimum Gasteiger partial charge on any atom is -0.486 e. The molecule has 1 aromatic rings. The largest absolute Gasteiger partial charge is 0.486 e. The van der Waals surface area contributed by atoms with Crippen molar-refractivity contribution in [2.24, 2.45) is 0 Å². The lowest BCUT2D eigenvalue weighted by Gasteiger charge is -2.00. The van der Waals surface area contributed by atoms with E-state index in [1.165, 1.54) is 5.56 Å². The SMILES string of the molecule is PC1Cc2ccccc2O1. The highest BCUT2D eigenvalue weighted by atomic mass is 31.0. The van der Waals surface area contributed by atoms with Crippen molar-refractivity contribution in [3.05, 3.63) is 29.8 Å². The summed E-state index contributed by atoms with van der Waals surface area (Å²) in [6.07, 6.45) is 1.03. The first-order valence-electron chi connectivity index (χ1n) is 3.36. The Bertz CT molecular complexity index is 222. The lowest BCUT2D eigenvalue weighted by molar-refractivity contribution is 0.322. The van der Waals surface area contributed by atoms with Crippen LogP contribution in [-0.2, 0) is 6.42 Å². The molecular formula is C8H9OP. The van der Waals surface area contributed by atoms with Gasteiger partial charge in [-0.25, -0.2) is 0 Å². The van der Waals surface area contributed by atoms with Crippen molar-refractivity contribution in [1.82, 2.24) is 0 Å². The average molecular weight is 152 g/mol. The van der Waals surface area contributed by atoms with Crippen LogP contribution in [0.1, 0.15) is 5.56 Å². The second kappa shape index (κ2) is 2.25. The highest BCUT2D eigenvalue weighted by Crippen LogP contribution is 2.30. The molecule has 0 bridgehead atoms. The highest BCUT2D eigenvalue weighted by Gasteiger charge is 2.16. The Balaban J connectivity index is 2.42. The number of hydrogen-bond donors (Lipinski definition) is 0. The Morgan fingerprint density at radius 2 is 2.20 bits per heavy atom. The zero-order valence-electron chi connectivity index (χ0n) is 5.58. The minimum absolute atomic E-state index is 0.289. The molecule has 2 atom stereocenters. The van der Waals surface area contributed by atoms with E-state index in [-0.39, 0.29) is 5.85 Å². The van der Waals surface area contributed by atoms with Gasteiger partial charge in [-0.1, -0.05) is 27.4 Å². The van der Waals surface area contributed by atoms with Gasteiger partial charge in [0.05, 0.1) is 0 Å². The summed E-state index contributed by atoms with van der Waals surface area (Å²) in [5.74, 6) is 1.33. The highest BCUT2D eigenvalue weighted by molar-refractivity contribution is 7.17. The normalized spacial score (nSPS) is 21.9. The fourth-order valence-electron chi connectivity index (χ4n) is 1.21. The number of fused-ring (bicyclic) bond motifs is 1. The Morgan fingerprint density at radius 3 is 3.00 bits per heavy atom. The Labute approximate surface area is 62.6 Å². The van der Waals surface area contributed by atoms with Crippen molar-refractivity contribution in [2.75, 3.05) is 0 Å². The van der Waals surface area contributed by atoms with E-state index in [4.69, 9.17) is 4.74 Å². The van der Waals surface area contributed by atoms with E-state index in [0.29, 0.717) is 0 Å². The maximum absolute atomic E-state index is 5.47. The van der Waals surface area contributed by atoms with Gasteiger partial charge in [-0.3, -0.25) is 0 Å². The molecular weight excluding hydrogens is 143 g/mol. The first kappa shape index (κ1) is 6.18. The van der Waals surface area contributed by atoms with Crippen LogP contribution in [0.5, 0.6) is 5.75 Å². The van der Waals surface area contributed by atoms with E-state index in [1.807, 2.05) is 18.2 Å². The molecule has 0 radical (unpaired) electrons. The third kappa shape index (κ3) is 0.911. The number of ether oxygens (including phenoxy) is 1. The second-order valence-corrected chi connectivity index (χ2v) is 3.21. The van der Waals surface area contributed by atoms with E-state index in [9.17, 15) is 0 Å². The third-order valence-electron chi connectivity index (χ3n) is 1.67. The molecule has 1 aliphatic rings. The molecule has 2 unspecified atom stereocenters. The fraction of sp³-hybridized carbons (Fsp3) is 0.250. The number of para-hydroxylation sites is 1. The lowest BCUT2D eigenvalue weighted by atomic mass is 10.2. The molecule has 0 saturated heterocycles. The zero-order valence-corrected chi connectivity index (χ0v) is 6.73. The first-order chi connectivity index (χ1) is 4.86. The monoisotopic (exact) mass is 152 g/mol. The predicted octanol–water partition coefficient (Wildman–Crippen LogP) is 1.82. The standard InChI is InChI=1S/C8H9OP/c10-8-5-6-3-1-2-4-7(6)9-8/h1-4,8H,5,10H2. The maximum atomic E-state index is 5.47. The van der Waals surface area contributed by atoms with Gasteiger partial charge in [0.25, 0.3) is 0 Å². The van der Waals surface area contributed by atoms with Gasteiger partial charge in [0.15, 0.2) is 0 Å². The van der Waals surface area contributed by atoms with Gasteiger partial charge >= 0.3 is 0 Å². The number of benzene rings is 1. The van der Waals surface area contributed by atoms with Gasteiger partial charge in [0, 0.05) is 6.42 Å². The van der Waals surface area contributed by atoms with Crippen LogP contribution >= 0.6 is 9.24 Å². The molecule has 2 rings (SSSR count). The molecule has 1 aromatic carbocycles. The maximum Gasteiger partial charge on any atom is 0.123 e. The van der Waals surface area contributed by atoms with Crippen molar-refractivity contribution in [3.8, 4) is 5.75 Å². The molecule has 10 heavy (non-hydrogen) atoms. The lowest BCUT2D eigenvalue weighted by Crippen LogP contribution is -2.00. The van der Waals surface area contributed by atoms with E-state index in [1.54, 1.807) is 0 Å². The summed E-state index contributed by atoms with van der Waals surface area (Å²) >= 11 is 0. The van der Waals surface area contributed by atoms with Gasteiger partial charge < -0.3 is 4.74 Å². The van der Waals surface area contributed by atoms with Crippen LogP contribution in [0.25, 0.3) is 0 Å². The van der Waals surface area contributed by atoms with Gasteiger partial charge in [0.1, 0.15) is 11.6 Å². The van der Waals surface area contributed by atoms with Crippen molar-refractivity contribution in [1.29, 1.82) is 0 Å². The summed E-state index contributed by atoms with van der Waals surface area (Å²) < 4.78 is 5.47. The van der Waals surface area contributed by atoms with Crippen LogP contribution in [0, 0.1) is 0 Å². The van der Waals surface area contributed by atoms with Crippen LogP contribution in [0.3, 0.4) is 0 Å². The second-order valence-electron chi connectivity index (χ2n) is 2.47. The van der Waals surface area contributed by atoms with Gasteiger partial charge in [-0.15, -0.1) is 0 Å². The van der Waals surface area contributed by atoms with E-state index in [2.05, 4.69) is 15.3 Å². The minimum atomic E-state index is 0.289. The molecule has 2 heteroatoms. The van der Waals surface area contributed by atoms with Gasteiger partial charge in [-0.2, -0.15) is 0 Å². The average Bonchev–Trinajstić information content (AvgIpc) is 2.27. The first-order valence-corrected chi connectivity index (χ1v) is 4.03. The summed E-state index contributed by atoms with van der Waals surface area (Å²) in [5, 5.41) is 0. The van der Waals surface area contributed by atoms with Crippen LogP contribution in [0.15, 0.2) is 24.3 Å². The van der Waals surface area contributed by atoms with Crippen LogP contribution in [0.4, 0.5) is 0 Å². The Kier molecular flexibility index (Phi) is 1.39. The topological polar surface area (TPSA) is 9.23 Å². The molecule has 0 amide bonds. The number of rotatable bonds is 0. The third-order valence-corrected chi connectivity index (χ3v) is 2.04. The van der Waals surface area contributed by atoms with Gasteiger partial charge in [-0.05, 0) is 11.6 Å². The zero-order chi connectivity index (χ0) is 6.97. The summed E-state index contributed by atoms with van der Waals surface area (Å²) in [5.41, 5.74) is 1.32. The fourth-order valence-corrected chi connectivity index (χ4v) is 1.61. The van der Waals surface area contributed by atoms with Crippen molar-refractivity contribution in [3.63, 3.8) is 0 Å². The van der Waals surface area contributed by atoms with Crippen LogP contribution < -0.4 is 4.74 Å². The number of hydrogen-bond acceptors (Lipinski definition) is 1. The molecule has 0 aromatic heterocycles. The van der Waals surface area contributed by atoms with E-state index in [0.717, 1.165) is 12.2 Å². The summed E-state index contributed by atoms with van der Waals surface area (Å²) in [6.45, 7) is 0. The summed E-state index contributed by atoms with van der Waals surface area (Å²) in [7, 11) is 2.67. The molecule has 0 N–H and O–H groups in total. The van der Waals surface area contributed by atoms with Crippen molar-refractivity contribution < 1.29 is 4.74 Å².